The highest BCUT2D eigenvalue weighted by Gasteiger charge is 2.46. The van der Waals surface area contributed by atoms with Gasteiger partial charge >= 0.3 is 5.97 Å². The predicted molar refractivity (Wildman–Crippen MR) is 103 cm³/mol. The van der Waals surface area contributed by atoms with E-state index in [0.29, 0.717) is 5.56 Å². The maximum absolute atomic E-state index is 12.8. The van der Waals surface area contributed by atoms with E-state index in [-0.39, 0.29) is 24.3 Å². The number of rotatable bonds is 4. The van der Waals surface area contributed by atoms with Crippen LogP contribution in [0.2, 0.25) is 0 Å². The van der Waals surface area contributed by atoms with Crippen LogP contribution in [-0.4, -0.2) is 31.0 Å². The lowest BCUT2D eigenvalue weighted by molar-refractivity contribution is -0.0915. The smallest absolute Gasteiger partial charge is 0.339 e. The van der Waals surface area contributed by atoms with Crippen molar-refractivity contribution < 1.29 is 9.53 Å². The summed E-state index contributed by atoms with van der Waals surface area (Å²) >= 11 is 0. The molecule has 25 heavy (non-hydrogen) atoms. The molecular formula is C21H26ClNO2. The number of carbonyl (C=O) groups excluding carboxylic acids is 1. The highest BCUT2D eigenvalue weighted by molar-refractivity contribution is 5.89. The predicted octanol–water partition coefficient (Wildman–Crippen LogP) is 4.52. The van der Waals surface area contributed by atoms with Crippen LogP contribution in [-0.2, 0) is 10.3 Å². The Hall–Kier alpha value is -1.84. The van der Waals surface area contributed by atoms with Gasteiger partial charge in [-0.05, 0) is 31.2 Å². The van der Waals surface area contributed by atoms with Crippen molar-refractivity contribution in [2.75, 3.05) is 20.1 Å². The van der Waals surface area contributed by atoms with E-state index >= 15 is 0 Å². The van der Waals surface area contributed by atoms with Crippen molar-refractivity contribution in [3.8, 4) is 0 Å². The minimum Gasteiger partial charge on any atom is -0.450 e. The van der Waals surface area contributed by atoms with E-state index in [1.165, 1.54) is 0 Å². The number of esters is 1. The van der Waals surface area contributed by atoms with E-state index in [9.17, 15) is 4.79 Å². The third-order valence-electron chi connectivity index (χ3n) is 5.10. The molecule has 0 bridgehead atoms. The van der Waals surface area contributed by atoms with E-state index in [0.717, 1.165) is 31.5 Å². The van der Waals surface area contributed by atoms with Gasteiger partial charge in [-0.2, -0.15) is 0 Å². The van der Waals surface area contributed by atoms with Crippen molar-refractivity contribution in [1.82, 2.24) is 4.90 Å². The molecule has 1 saturated heterocycles. The lowest BCUT2D eigenvalue weighted by Gasteiger charge is -2.46. The number of likely N-dealkylation sites (tertiary alicyclic amines) is 1. The van der Waals surface area contributed by atoms with Crippen LogP contribution in [0.1, 0.15) is 35.7 Å². The van der Waals surface area contributed by atoms with E-state index in [2.05, 4.69) is 31.0 Å². The van der Waals surface area contributed by atoms with Gasteiger partial charge < -0.3 is 9.64 Å². The third kappa shape index (κ3) is 4.05. The molecule has 1 fully saturated rings. The van der Waals surface area contributed by atoms with Gasteiger partial charge in [0.15, 0.2) is 0 Å². The standard InChI is InChI=1S/C21H25NO2.ClH/c1-3-18-16-22(2)15-14-21(18,19-12-8-5-9-13-19)24-20(23)17-10-6-4-7-11-17;/h4-13,18H,3,14-16H2,1-2H3;1H. The molecule has 2 unspecified atom stereocenters. The number of hydrogen-bond acceptors (Lipinski definition) is 3. The van der Waals surface area contributed by atoms with E-state index < -0.39 is 5.60 Å². The Bertz CT molecular complexity index is 677. The topological polar surface area (TPSA) is 29.5 Å². The molecule has 0 amide bonds. The zero-order valence-electron chi connectivity index (χ0n) is 14.9. The van der Waals surface area contributed by atoms with Crippen LogP contribution in [0.4, 0.5) is 0 Å². The van der Waals surface area contributed by atoms with Crippen LogP contribution >= 0.6 is 12.4 Å². The van der Waals surface area contributed by atoms with Gasteiger partial charge in [0.25, 0.3) is 0 Å². The molecule has 134 valence electrons. The second-order valence-electron chi connectivity index (χ2n) is 6.63. The van der Waals surface area contributed by atoms with Gasteiger partial charge in [-0.1, -0.05) is 55.5 Å². The fraction of sp³-hybridized carbons (Fsp3) is 0.381. The van der Waals surface area contributed by atoms with Gasteiger partial charge in [-0.25, -0.2) is 4.79 Å². The molecule has 0 spiro atoms. The number of halogens is 1. The Morgan fingerprint density at radius 2 is 1.72 bits per heavy atom. The minimum atomic E-state index is -0.546. The van der Waals surface area contributed by atoms with Crippen molar-refractivity contribution in [2.45, 2.75) is 25.4 Å². The molecule has 2 aromatic carbocycles. The fourth-order valence-corrected chi connectivity index (χ4v) is 3.73. The molecule has 4 heteroatoms. The Kier molecular flexibility index (Phi) is 6.63. The summed E-state index contributed by atoms with van der Waals surface area (Å²) in [7, 11) is 2.14. The fourth-order valence-electron chi connectivity index (χ4n) is 3.73. The van der Waals surface area contributed by atoms with Crippen LogP contribution < -0.4 is 0 Å². The first kappa shape index (κ1) is 19.5. The first-order chi connectivity index (χ1) is 11.7. The summed E-state index contributed by atoms with van der Waals surface area (Å²) in [5, 5.41) is 0. The summed E-state index contributed by atoms with van der Waals surface area (Å²) in [5.41, 5.74) is 1.17. The number of piperidine rings is 1. The van der Waals surface area contributed by atoms with E-state index in [1.54, 1.807) is 0 Å². The molecule has 3 nitrogen and oxygen atoms in total. The summed E-state index contributed by atoms with van der Waals surface area (Å²) in [6.45, 7) is 4.04. The molecule has 0 radical (unpaired) electrons. The molecule has 2 aromatic rings. The molecule has 1 aliphatic rings. The van der Waals surface area contributed by atoms with Gasteiger partial charge in [-0.3, -0.25) is 0 Å². The molecular weight excluding hydrogens is 334 g/mol. The molecule has 1 aliphatic heterocycles. The summed E-state index contributed by atoms with van der Waals surface area (Å²) in [4.78, 5) is 15.1. The average molecular weight is 360 g/mol. The molecule has 0 aromatic heterocycles. The number of hydrogen-bond donors (Lipinski definition) is 0. The van der Waals surface area contributed by atoms with Crippen LogP contribution in [0.15, 0.2) is 60.7 Å². The van der Waals surface area contributed by atoms with Crippen molar-refractivity contribution >= 4 is 18.4 Å². The summed E-state index contributed by atoms with van der Waals surface area (Å²) < 4.78 is 6.24. The molecule has 1 heterocycles. The average Bonchev–Trinajstić information content (AvgIpc) is 2.64. The zero-order chi connectivity index (χ0) is 17.0. The van der Waals surface area contributed by atoms with Crippen molar-refractivity contribution in [3.05, 3.63) is 71.8 Å². The molecule has 0 saturated carbocycles. The van der Waals surface area contributed by atoms with Gasteiger partial charge in [0, 0.05) is 25.4 Å². The second-order valence-corrected chi connectivity index (χ2v) is 6.63. The zero-order valence-corrected chi connectivity index (χ0v) is 15.7. The number of carbonyl (C=O) groups is 1. The van der Waals surface area contributed by atoms with Gasteiger partial charge in [-0.15, -0.1) is 12.4 Å². The largest absolute Gasteiger partial charge is 0.450 e. The Morgan fingerprint density at radius 1 is 1.12 bits per heavy atom. The first-order valence-corrected chi connectivity index (χ1v) is 8.68. The second kappa shape index (κ2) is 8.50. The highest BCUT2D eigenvalue weighted by atomic mass is 35.5. The van der Waals surface area contributed by atoms with Gasteiger partial charge in [0.1, 0.15) is 5.60 Å². The normalized spacial score (nSPS) is 23.5. The first-order valence-electron chi connectivity index (χ1n) is 8.68. The summed E-state index contributed by atoms with van der Waals surface area (Å²) in [5.74, 6) is 0.0498. The molecule has 0 N–H and O–H groups in total. The molecule has 3 rings (SSSR count). The monoisotopic (exact) mass is 359 g/mol. The lowest BCUT2D eigenvalue weighted by atomic mass is 9.74. The summed E-state index contributed by atoms with van der Waals surface area (Å²) in [6.07, 6.45) is 1.80. The Labute approximate surface area is 156 Å². The van der Waals surface area contributed by atoms with Crippen molar-refractivity contribution in [1.29, 1.82) is 0 Å². The quantitative estimate of drug-likeness (QED) is 0.751. The minimum absolute atomic E-state index is 0. The number of benzene rings is 2. The van der Waals surface area contributed by atoms with Crippen molar-refractivity contribution in [2.24, 2.45) is 5.92 Å². The van der Waals surface area contributed by atoms with Crippen molar-refractivity contribution in [3.63, 3.8) is 0 Å². The van der Waals surface area contributed by atoms with Crippen LogP contribution in [0.25, 0.3) is 0 Å². The van der Waals surface area contributed by atoms with Crippen LogP contribution in [0, 0.1) is 5.92 Å². The lowest BCUT2D eigenvalue weighted by Crippen LogP contribution is -2.51. The van der Waals surface area contributed by atoms with Crippen LogP contribution in [0.3, 0.4) is 0 Å². The SMILES string of the molecule is CCC1CN(C)CCC1(OC(=O)c1ccccc1)c1ccccc1.Cl. The van der Waals surface area contributed by atoms with Crippen LogP contribution in [0.5, 0.6) is 0 Å². The van der Waals surface area contributed by atoms with E-state index in [4.69, 9.17) is 4.74 Å². The Morgan fingerprint density at radius 3 is 2.32 bits per heavy atom. The number of nitrogens with zero attached hydrogens (tertiary/aromatic N) is 1. The Balaban J connectivity index is 0.00000225. The maximum atomic E-state index is 12.8. The maximum Gasteiger partial charge on any atom is 0.339 e. The number of ether oxygens (including phenoxy) is 1. The van der Waals surface area contributed by atoms with Gasteiger partial charge in [0.05, 0.1) is 5.56 Å². The molecule has 0 aliphatic carbocycles. The summed E-state index contributed by atoms with van der Waals surface area (Å²) in [6, 6.07) is 19.5. The molecule has 2 atom stereocenters. The van der Waals surface area contributed by atoms with E-state index in [1.807, 2.05) is 48.5 Å². The third-order valence-corrected chi connectivity index (χ3v) is 5.10. The van der Waals surface area contributed by atoms with Gasteiger partial charge in [0.2, 0.25) is 0 Å². The highest BCUT2D eigenvalue weighted by Crippen LogP contribution is 2.42.